The predicted molar refractivity (Wildman–Crippen MR) is 65.6 cm³/mol. The van der Waals surface area contributed by atoms with E-state index in [1.807, 2.05) is 6.92 Å². The Morgan fingerprint density at radius 3 is 2.62 bits per heavy atom. The number of hydrogen-bond donors (Lipinski definition) is 3. The number of rotatable bonds is 7. The molecule has 0 bridgehead atoms. The molecule has 0 aliphatic carbocycles. The van der Waals surface area contributed by atoms with Crippen LogP contribution in [-0.2, 0) is 0 Å². The number of nitrogens with zero attached hydrogens (tertiary/aromatic N) is 2. The van der Waals surface area contributed by atoms with Crippen LogP contribution in [0, 0.1) is 0 Å². The maximum Gasteiger partial charge on any atom is 0.146 e. The van der Waals surface area contributed by atoms with E-state index in [1.165, 1.54) is 0 Å². The van der Waals surface area contributed by atoms with Gasteiger partial charge in [-0.25, -0.2) is 4.98 Å². The number of aliphatic hydroxyl groups is 1. The Morgan fingerprint density at radius 1 is 1.31 bits per heavy atom. The molecule has 1 rings (SSSR count). The van der Waals surface area contributed by atoms with E-state index in [-0.39, 0.29) is 6.10 Å². The van der Waals surface area contributed by atoms with Crippen molar-refractivity contribution in [1.82, 2.24) is 9.97 Å². The molecule has 1 atom stereocenters. The molecule has 0 fully saturated rings. The van der Waals surface area contributed by atoms with E-state index in [1.54, 1.807) is 19.3 Å². The van der Waals surface area contributed by atoms with E-state index in [0.717, 1.165) is 37.6 Å². The Kier molecular flexibility index (Phi) is 5.56. The van der Waals surface area contributed by atoms with Crippen LogP contribution in [0.4, 0.5) is 11.6 Å². The molecule has 5 nitrogen and oxygen atoms in total. The fourth-order valence-corrected chi connectivity index (χ4v) is 1.33. The summed E-state index contributed by atoms with van der Waals surface area (Å²) < 4.78 is 0. The van der Waals surface area contributed by atoms with Crippen molar-refractivity contribution in [3.8, 4) is 0 Å². The zero-order valence-corrected chi connectivity index (χ0v) is 9.90. The van der Waals surface area contributed by atoms with Crippen molar-refractivity contribution in [3.05, 3.63) is 12.4 Å². The van der Waals surface area contributed by atoms with Crippen LogP contribution in [0.3, 0.4) is 0 Å². The molecule has 0 saturated carbocycles. The fraction of sp³-hybridized carbons (Fsp3) is 0.636. The average molecular weight is 224 g/mol. The van der Waals surface area contributed by atoms with Gasteiger partial charge >= 0.3 is 0 Å². The second-order valence-corrected chi connectivity index (χ2v) is 3.74. The molecule has 0 aliphatic heterocycles. The molecule has 1 aromatic heterocycles. The van der Waals surface area contributed by atoms with Crippen LogP contribution < -0.4 is 10.6 Å². The summed E-state index contributed by atoms with van der Waals surface area (Å²) in [7, 11) is 0. The van der Waals surface area contributed by atoms with Gasteiger partial charge in [0.25, 0.3) is 0 Å². The SMILES string of the molecule is CCNc1cncc(NCCCC(C)O)n1. The molecule has 0 radical (unpaired) electrons. The van der Waals surface area contributed by atoms with Gasteiger partial charge in [0.15, 0.2) is 0 Å². The third-order valence-electron chi connectivity index (χ3n) is 2.10. The Morgan fingerprint density at radius 2 is 2.00 bits per heavy atom. The minimum absolute atomic E-state index is 0.235. The van der Waals surface area contributed by atoms with Gasteiger partial charge in [0.1, 0.15) is 11.6 Å². The normalized spacial score (nSPS) is 12.2. The molecule has 0 amide bonds. The van der Waals surface area contributed by atoms with E-state index < -0.39 is 0 Å². The largest absolute Gasteiger partial charge is 0.393 e. The van der Waals surface area contributed by atoms with Gasteiger partial charge in [0.05, 0.1) is 18.5 Å². The molecule has 0 spiro atoms. The Labute approximate surface area is 96.3 Å². The molecule has 0 aliphatic rings. The van der Waals surface area contributed by atoms with Gasteiger partial charge in [-0.3, -0.25) is 4.98 Å². The van der Waals surface area contributed by atoms with Crippen molar-refractivity contribution in [2.45, 2.75) is 32.8 Å². The summed E-state index contributed by atoms with van der Waals surface area (Å²) in [5.41, 5.74) is 0. The highest BCUT2D eigenvalue weighted by molar-refractivity contribution is 5.41. The van der Waals surface area contributed by atoms with Gasteiger partial charge in [0.2, 0.25) is 0 Å². The maximum atomic E-state index is 9.10. The predicted octanol–water partition coefficient (Wildman–Crippen LogP) is 1.48. The molecule has 0 saturated heterocycles. The summed E-state index contributed by atoms with van der Waals surface area (Å²) >= 11 is 0. The lowest BCUT2D eigenvalue weighted by molar-refractivity contribution is 0.183. The summed E-state index contributed by atoms with van der Waals surface area (Å²) in [5.74, 6) is 1.55. The second kappa shape index (κ2) is 7.00. The quantitative estimate of drug-likeness (QED) is 0.612. The first kappa shape index (κ1) is 12.7. The van der Waals surface area contributed by atoms with Gasteiger partial charge < -0.3 is 15.7 Å². The van der Waals surface area contributed by atoms with E-state index in [0.29, 0.717) is 0 Å². The van der Waals surface area contributed by atoms with Gasteiger partial charge in [-0.1, -0.05) is 0 Å². The fourth-order valence-electron chi connectivity index (χ4n) is 1.33. The highest BCUT2D eigenvalue weighted by atomic mass is 16.3. The second-order valence-electron chi connectivity index (χ2n) is 3.74. The van der Waals surface area contributed by atoms with Crippen molar-refractivity contribution in [3.63, 3.8) is 0 Å². The number of anilines is 2. The first-order chi connectivity index (χ1) is 7.72. The molecule has 0 aromatic carbocycles. The smallest absolute Gasteiger partial charge is 0.146 e. The van der Waals surface area contributed by atoms with Crippen LogP contribution in [0.25, 0.3) is 0 Å². The van der Waals surface area contributed by atoms with Gasteiger partial charge in [-0.2, -0.15) is 0 Å². The van der Waals surface area contributed by atoms with Crippen molar-refractivity contribution < 1.29 is 5.11 Å². The summed E-state index contributed by atoms with van der Waals surface area (Å²) in [6.45, 7) is 5.45. The van der Waals surface area contributed by atoms with Crippen molar-refractivity contribution >= 4 is 11.6 Å². The van der Waals surface area contributed by atoms with Crippen LogP contribution in [0.2, 0.25) is 0 Å². The maximum absolute atomic E-state index is 9.10. The Hall–Kier alpha value is -1.36. The molecule has 16 heavy (non-hydrogen) atoms. The standard InChI is InChI=1S/C11H20N4O/c1-3-13-10-7-12-8-11(15-10)14-6-4-5-9(2)16/h7-9,16H,3-6H2,1-2H3,(H2,13,14,15). The van der Waals surface area contributed by atoms with E-state index in [4.69, 9.17) is 5.11 Å². The van der Waals surface area contributed by atoms with Crippen molar-refractivity contribution in [1.29, 1.82) is 0 Å². The first-order valence-corrected chi connectivity index (χ1v) is 5.70. The van der Waals surface area contributed by atoms with Crippen LogP contribution in [-0.4, -0.2) is 34.3 Å². The highest BCUT2D eigenvalue weighted by Gasteiger charge is 1.98. The lowest BCUT2D eigenvalue weighted by Gasteiger charge is -2.08. The Bertz CT molecular complexity index is 304. The van der Waals surface area contributed by atoms with Crippen LogP contribution in [0.15, 0.2) is 12.4 Å². The molecule has 1 unspecified atom stereocenters. The summed E-state index contributed by atoms with van der Waals surface area (Å²) in [4.78, 5) is 8.41. The molecular formula is C11H20N4O. The van der Waals surface area contributed by atoms with Gasteiger partial charge in [-0.05, 0) is 26.7 Å². The molecule has 90 valence electrons. The minimum Gasteiger partial charge on any atom is -0.393 e. The van der Waals surface area contributed by atoms with Crippen LogP contribution in [0.5, 0.6) is 0 Å². The summed E-state index contributed by atoms with van der Waals surface area (Å²) in [6.07, 6.45) is 4.88. The van der Waals surface area contributed by atoms with E-state index in [2.05, 4.69) is 20.6 Å². The summed E-state index contributed by atoms with van der Waals surface area (Å²) in [6, 6.07) is 0. The first-order valence-electron chi connectivity index (χ1n) is 5.70. The molecule has 1 aromatic rings. The van der Waals surface area contributed by atoms with Crippen LogP contribution in [0.1, 0.15) is 26.7 Å². The van der Waals surface area contributed by atoms with Gasteiger partial charge in [0, 0.05) is 13.1 Å². The number of nitrogens with one attached hydrogen (secondary N) is 2. The topological polar surface area (TPSA) is 70.1 Å². The Balaban J connectivity index is 2.33. The van der Waals surface area contributed by atoms with E-state index >= 15 is 0 Å². The number of hydrogen-bond acceptors (Lipinski definition) is 5. The lowest BCUT2D eigenvalue weighted by Crippen LogP contribution is -2.09. The van der Waals surface area contributed by atoms with Crippen molar-refractivity contribution in [2.24, 2.45) is 0 Å². The number of aromatic nitrogens is 2. The van der Waals surface area contributed by atoms with Gasteiger partial charge in [-0.15, -0.1) is 0 Å². The third-order valence-corrected chi connectivity index (χ3v) is 2.10. The zero-order valence-electron chi connectivity index (χ0n) is 9.90. The van der Waals surface area contributed by atoms with E-state index in [9.17, 15) is 0 Å². The third kappa shape index (κ3) is 4.93. The molecular weight excluding hydrogens is 204 g/mol. The lowest BCUT2D eigenvalue weighted by atomic mass is 10.2. The minimum atomic E-state index is -0.235. The summed E-state index contributed by atoms with van der Waals surface area (Å²) in [5, 5.41) is 15.4. The molecule has 5 heteroatoms. The zero-order chi connectivity index (χ0) is 11.8. The van der Waals surface area contributed by atoms with Crippen molar-refractivity contribution in [2.75, 3.05) is 23.7 Å². The molecule has 1 heterocycles. The number of aliphatic hydroxyl groups excluding tert-OH is 1. The monoisotopic (exact) mass is 224 g/mol. The highest BCUT2D eigenvalue weighted by Crippen LogP contribution is 2.06. The molecule has 3 N–H and O–H groups in total. The van der Waals surface area contributed by atoms with Crippen LogP contribution >= 0.6 is 0 Å². The average Bonchev–Trinajstić information content (AvgIpc) is 2.25.